The normalized spacial score (nSPS) is 11.7. The van der Waals surface area contributed by atoms with Gasteiger partial charge in [0.25, 0.3) is 11.8 Å². The Kier molecular flexibility index (Phi) is 5.68. The summed E-state index contributed by atoms with van der Waals surface area (Å²) in [7, 11) is 0. The van der Waals surface area contributed by atoms with E-state index in [1.54, 1.807) is 30.3 Å². The fraction of sp³-hybridized carbons (Fsp3) is 0.250. The van der Waals surface area contributed by atoms with Crippen molar-refractivity contribution in [3.8, 4) is 0 Å². The fourth-order valence-corrected chi connectivity index (χ4v) is 2.53. The minimum absolute atomic E-state index is 0.0261. The number of carbonyl (C=O) groups excluding carboxylic acids is 2. The second-order valence-electron chi connectivity index (χ2n) is 4.90. The predicted molar refractivity (Wildman–Crippen MR) is 87.3 cm³/mol. The van der Waals surface area contributed by atoms with Crippen molar-refractivity contribution in [3.63, 3.8) is 0 Å². The molecule has 1 aromatic carbocycles. The SMILES string of the molecule is CC(CCO)NC(=O)c1cccc(NC(=O)c2cccs2)c1. The third-order valence-electron chi connectivity index (χ3n) is 3.07. The Labute approximate surface area is 133 Å². The van der Waals surface area contributed by atoms with Crippen LogP contribution in [0, 0.1) is 0 Å². The number of nitrogens with one attached hydrogen (secondary N) is 2. The van der Waals surface area contributed by atoms with Gasteiger partial charge < -0.3 is 15.7 Å². The van der Waals surface area contributed by atoms with Gasteiger partial charge in [0, 0.05) is 23.9 Å². The van der Waals surface area contributed by atoms with Crippen LogP contribution in [0.1, 0.15) is 33.4 Å². The van der Waals surface area contributed by atoms with E-state index in [9.17, 15) is 9.59 Å². The molecule has 1 unspecified atom stereocenters. The summed E-state index contributed by atoms with van der Waals surface area (Å²) in [5.41, 5.74) is 1.04. The van der Waals surface area contributed by atoms with Gasteiger partial charge in [0.05, 0.1) is 4.88 Å². The molecule has 2 rings (SSSR count). The van der Waals surface area contributed by atoms with Crippen molar-refractivity contribution in [2.75, 3.05) is 11.9 Å². The summed E-state index contributed by atoms with van der Waals surface area (Å²) >= 11 is 1.36. The molecule has 1 aromatic heterocycles. The third kappa shape index (κ3) is 4.41. The molecule has 0 radical (unpaired) electrons. The number of rotatable bonds is 6. The quantitative estimate of drug-likeness (QED) is 0.766. The predicted octanol–water partition coefficient (Wildman–Crippen LogP) is 2.50. The number of anilines is 1. The average molecular weight is 318 g/mol. The Balaban J connectivity index is 2.03. The smallest absolute Gasteiger partial charge is 0.265 e. The van der Waals surface area contributed by atoms with Gasteiger partial charge in [-0.25, -0.2) is 0 Å². The lowest BCUT2D eigenvalue weighted by atomic mass is 10.1. The van der Waals surface area contributed by atoms with Crippen molar-refractivity contribution in [2.45, 2.75) is 19.4 Å². The van der Waals surface area contributed by atoms with Crippen molar-refractivity contribution < 1.29 is 14.7 Å². The number of amides is 2. The lowest BCUT2D eigenvalue weighted by Crippen LogP contribution is -2.33. The minimum Gasteiger partial charge on any atom is -0.396 e. The molecule has 0 bridgehead atoms. The van der Waals surface area contributed by atoms with Gasteiger partial charge in [0.15, 0.2) is 0 Å². The van der Waals surface area contributed by atoms with Crippen molar-refractivity contribution in [2.24, 2.45) is 0 Å². The maximum atomic E-state index is 12.1. The highest BCUT2D eigenvalue weighted by molar-refractivity contribution is 7.12. The largest absolute Gasteiger partial charge is 0.396 e. The van der Waals surface area contributed by atoms with Crippen LogP contribution < -0.4 is 10.6 Å². The van der Waals surface area contributed by atoms with E-state index in [1.165, 1.54) is 11.3 Å². The molecule has 6 heteroatoms. The number of aliphatic hydroxyl groups excluding tert-OH is 1. The summed E-state index contributed by atoms with van der Waals surface area (Å²) in [5.74, 6) is -0.422. The summed E-state index contributed by atoms with van der Waals surface area (Å²) in [5, 5.41) is 16.3. The first-order chi connectivity index (χ1) is 10.6. The van der Waals surface area contributed by atoms with Gasteiger partial charge in [0.1, 0.15) is 0 Å². The highest BCUT2D eigenvalue weighted by atomic mass is 32.1. The van der Waals surface area contributed by atoms with Gasteiger partial charge >= 0.3 is 0 Å². The van der Waals surface area contributed by atoms with Crippen LogP contribution in [0.15, 0.2) is 41.8 Å². The highest BCUT2D eigenvalue weighted by Crippen LogP contribution is 2.15. The molecule has 3 N–H and O–H groups in total. The van der Waals surface area contributed by atoms with Crippen LogP contribution in [0.2, 0.25) is 0 Å². The molecule has 2 amide bonds. The lowest BCUT2D eigenvalue weighted by molar-refractivity contribution is 0.0933. The van der Waals surface area contributed by atoms with Crippen LogP contribution in [0.4, 0.5) is 5.69 Å². The molecular formula is C16H18N2O3S. The number of hydrogen-bond acceptors (Lipinski definition) is 4. The zero-order valence-corrected chi connectivity index (χ0v) is 13.0. The first-order valence-corrected chi connectivity index (χ1v) is 7.84. The molecule has 0 saturated carbocycles. The number of benzene rings is 1. The Morgan fingerprint density at radius 2 is 2.05 bits per heavy atom. The molecule has 0 aliphatic carbocycles. The summed E-state index contributed by atoms with van der Waals surface area (Å²) in [6, 6.07) is 10.2. The van der Waals surface area contributed by atoms with Crippen molar-refractivity contribution in [3.05, 3.63) is 52.2 Å². The van der Waals surface area contributed by atoms with Gasteiger partial charge in [-0.15, -0.1) is 11.3 Å². The van der Waals surface area contributed by atoms with E-state index in [0.29, 0.717) is 22.5 Å². The van der Waals surface area contributed by atoms with Crippen molar-refractivity contribution in [1.82, 2.24) is 5.32 Å². The first-order valence-electron chi connectivity index (χ1n) is 6.97. The van der Waals surface area contributed by atoms with Crippen LogP contribution in [0.25, 0.3) is 0 Å². The van der Waals surface area contributed by atoms with Crippen LogP contribution in [-0.4, -0.2) is 29.6 Å². The summed E-state index contributed by atoms with van der Waals surface area (Å²) in [6.45, 7) is 1.86. The molecule has 0 spiro atoms. The van der Waals surface area contributed by atoms with E-state index in [2.05, 4.69) is 10.6 Å². The number of thiophene rings is 1. The van der Waals surface area contributed by atoms with E-state index in [0.717, 1.165) is 0 Å². The molecule has 2 aromatic rings. The zero-order valence-electron chi connectivity index (χ0n) is 12.2. The number of aliphatic hydroxyl groups is 1. The average Bonchev–Trinajstić information content (AvgIpc) is 3.02. The maximum Gasteiger partial charge on any atom is 0.265 e. The molecular weight excluding hydrogens is 300 g/mol. The second-order valence-corrected chi connectivity index (χ2v) is 5.85. The Hall–Kier alpha value is -2.18. The minimum atomic E-state index is -0.229. The summed E-state index contributed by atoms with van der Waals surface area (Å²) in [6.07, 6.45) is 0.501. The first kappa shape index (κ1) is 16.2. The van der Waals surface area contributed by atoms with Gasteiger partial charge in [-0.3, -0.25) is 9.59 Å². The van der Waals surface area contributed by atoms with Crippen LogP contribution in [-0.2, 0) is 0 Å². The van der Waals surface area contributed by atoms with Gasteiger partial charge in [-0.05, 0) is 43.0 Å². The molecule has 116 valence electrons. The van der Waals surface area contributed by atoms with Gasteiger partial charge in [0.2, 0.25) is 0 Å². The highest BCUT2D eigenvalue weighted by Gasteiger charge is 2.11. The Bertz CT molecular complexity index is 641. The summed E-state index contributed by atoms with van der Waals surface area (Å²) in [4.78, 5) is 24.7. The Morgan fingerprint density at radius 3 is 2.73 bits per heavy atom. The standard InChI is InChI=1S/C16H18N2O3S/c1-11(7-8-19)17-15(20)12-4-2-5-13(10-12)18-16(21)14-6-3-9-22-14/h2-6,9-11,19H,7-8H2,1H3,(H,17,20)(H,18,21). The fourth-order valence-electron chi connectivity index (χ4n) is 1.91. The second kappa shape index (κ2) is 7.72. The van der Waals surface area contributed by atoms with E-state index in [1.807, 2.05) is 18.4 Å². The zero-order chi connectivity index (χ0) is 15.9. The molecule has 0 aliphatic rings. The van der Waals surface area contributed by atoms with Crippen molar-refractivity contribution in [1.29, 1.82) is 0 Å². The molecule has 22 heavy (non-hydrogen) atoms. The molecule has 1 heterocycles. The molecule has 1 atom stereocenters. The third-order valence-corrected chi connectivity index (χ3v) is 3.94. The van der Waals surface area contributed by atoms with E-state index < -0.39 is 0 Å². The van der Waals surface area contributed by atoms with E-state index >= 15 is 0 Å². The molecule has 5 nitrogen and oxygen atoms in total. The number of hydrogen-bond donors (Lipinski definition) is 3. The Morgan fingerprint density at radius 1 is 1.23 bits per heavy atom. The molecule has 0 aliphatic heterocycles. The summed E-state index contributed by atoms with van der Waals surface area (Å²) < 4.78 is 0. The van der Waals surface area contributed by atoms with E-state index in [-0.39, 0.29) is 24.5 Å². The van der Waals surface area contributed by atoms with Crippen LogP contribution in [0.5, 0.6) is 0 Å². The maximum absolute atomic E-state index is 12.1. The molecule has 0 fully saturated rings. The monoisotopic (exact) mass is 318 g/mol. The number of carbonyl (C=O) groups is 2. The van der Waals surface area contributed by atoms with Gasteiger partial charge in [-0.2, -0.15) is 0 Å². The topological polar surface area (TPSA) is 78.4 Å². The van der Waals surface area contributed by atoms with Crippen LogP contribution >= 0.6 is 11.3 Å². The van der Waals surface area contributed by atoms with Gasteiger partial charge in [-0.1, -0.05) is 12.1 Å². The van der Waals surface area contributed by atoms with Crippen LogP contribution in [0.3, 0.4) is 0 Å². The molecule has 0 saturated heterocycles. The van der Waals surface area contributed by atoms with E-state index in [4.69, 9.17) is 5.11 Å². The lowest BCUT2D eigenvalue weighted by Gasteiger charge is -2.13. The van der Waals surface area contributed by atoms with Crippen molar-refractivity contribution >= 4 is 28.8 Å².